The molecule has 0 spiro atoms. The molecule has 0 saturated heterocycles. The summed E-state index contributed by atoms with van der Waals surface area (Å²) in [7, 11) is -7.07. The quantitative estimate of drug-likeness (QED) is 0.422. The molecule has 0 aromatic rings. The summed E-state index contributed by atoms with van der Waals surface area (Å²) in [5.74, 6) is -1.20. The van der Waals surface area contributed by atoms with Crippen LogP contribution in [0.25, 0.3) is 0 Å². The highest BCUT2D eigenvalue weighted by Gasteiger charge is 2.57. The van der Waals surface area contributed by atoms with Crippen LogP contribution in [0.4, 0.5) is 13.2 Å². The van der Waals surface area contributed by atoms with Crippen molar-refractivity contribution in [3.05, 3.63) is 0 Å². The van der Waals surface area contributed by atoms with Gasteiger partial charge in [-0.25, -0.2) is 0 Å². The normalized spacial score (nSPS) is 14.4. The maximum atomic E-state index is 12.2. The molecule has 0 radical (unpaired) electrons. The highest BCUT2D eigenvalue weighted by molar-refractivity contribution is 8.69. The lowest BCUT2D eigenvalue weighted by Crippen LogP contribution is -2.34. The van der Waals surface area contributed by atoms with Crippen LogP contribution in [0.5, 0.6) is 0 Å². The molecule has 0 heterocycles. The maximum absolute atomic E-state index is 12.2. The highest BCUT2D eigenvalue weighted by atomic mass is 33.2. The van der Waals surface area contributed by atoms with Crippen LogP contribution in [0, 0.1) is 0 Å². The lowest BCUT2D eigenvalue weighted by Gasteiger charge is -2.09. The molecule has 0 rings (SSSR count). The monoisotopic (exact) mass is 295 g/mol. The first kappa shape index (κ1) is 16.6. The molecule has 1 atom stereocenters. The zero-order valence-electron chi connectivity index (χ0n) is 9.41. The van der Waals surface area contributed by atoms with Gasteiger partial charge < -0.3 is 4.74 Å². The Hall–Kier alpha value is -0.440. The van der Waals surface area contributed by atoms with Crippen molar-refractivity contribution in [2.75, 3.05) is 18.1 Å². The molecule has 0 amide bonds. The molecule has 9 heteroatoms. The second-order valence-electron chi connectivity index (χ2n) is 2.89. The predicted octanol–water partition coefficient (Wildman–Crippen LogP) is 1.43. The van der Waals surface area contributed by atoms with E-state index >= 15 is 0 Å². The van der Waals surface area contributed by atoms with Crippen molar-refractivity contribution < 1.29 is 31.1 Å². The molecule has 0 aliphatic carbocycles. The molecule has 0 aromatic heterocycles. The van der Waals surface area contributed by atoms with Crippen LogP contribution in [-0.4, -0.2) is 38.0 Å². The Morgan fingerprint density at radius 3 is 2.18 bits per heavy atom. The third-order valence-corrected chi connectivity index (χ3v) is 7.88. The maximum Gasteiger partial charge on any atom is 0.543 e. The Morgan fingerprint density at radius 1 is 1.29 bits per heavy atom. The van der Waals surface area contributed by atoms with E-state index in [-0.39, 0.29) is 24.5 Å². The van der Waals surface area contributed by atoms with Gasteiger partial charge in [-0.1, -0.05) is 0 Å². The number of carbonyl (C=O) groups is 1. The van der Waals surface area contributed by atoms with Crippen molar-refractivity contribution in [1.82, 2.24) is 0 Å². The van der Waals surface area contributed by atoms with E-state index in [2.05, 4.69) is 4.74 Å². The Bertz CT molecular complexity index is 350. The fourth-order valence-corrected chi connectivity index (χ4v) is 5.09. The molecule has 0 aliphatic heterocycles. The second-order valence-corrected chi connectivity index (χ2v) is 8.85. The molecule has 0 aromatic carbocycles. The van der Waals surface area contributed by atoms with Crippen molar-refractivity contribution in [1.29, 1.82) is 0 Å². The van der Waals surface area contributed by atoms with Gasteiger partial charge in [-0.15, -0.1) is 0 Å². The third-order valence-electron chi connectivity index (χ3n) is 1.75. The molecule has 17 heavy (non-hydrogen) atoms. The summed E-state index contributed by atoms with van der Waals surface area (Å²) in [6, 6.07) is 0. The smallest absolute Gasteiger partial charge is 0.466 e. The molecule has 1 unspecified atom stereocenters. The van der Waals surface area contributed by atoms with E-state index in [0.29, 0.717) is 0 Å². The summed E-state index contributed by atoms with van der Waals surface area (Å²) >= 11 is 0. The van der Waals surface area contributed by atoms with Crippen molar-refractivity contribution in [3.63, 3.8) is 0 Å². The minimum atomic E-state index is -5.26. The van der Waals surface area contributed by atoms with Gasteiger partial charge in [0.15, 0.2) is 0 Å². The number of alkyl halides is 3. The van der Waals surface area contributed by atoms with Gasteiger partial charge in [-0.2, -0.15) is 21.6 Å². The van der Waals surface area contributed by atoms with E-state index in [0.717, 1.165) is 0 Å². The number of ether oxygens (including phenoxy) is 1. The molecule has 0 fully saturated rings. The minimum absolute atomic E-state index is 0.116. The minimum Gasteiger partial charge on any atom is -0.466 e. The van der Waals surface area contributed by atoms with Crippen molar-refractivity contribution >= 4 is 24.8 Å². The zero-order chi connectivity index (χ0) is 13.7. The average Bonchev–Trinajstić information content (AvgIpc) is 2.16. The molecule has 0 N–H and O–H groups in total. The highest BCUT2D eigenvalue weighted by Crippen LogP contribution is 2.30. The first-order valence-electron chi connectivity index (χ1n) is 4.81. The van der Waals surface area contributed by atoms with Crippen molar-refractivity contribution in [2.24, 2.45) is 0 Å². The number of hydrogen-bond donors (Lipinski definition) is 0. The first-order valence-corrected chi connectivity index (χ1v) is 8.38. The van der Waals surface area contributed by atoms with Gasteiger partial charge in [0.2, 0.25) is 0 Å². The summed E-state index contributed by atoms with van der Waals surface area (Å²) in [6.07, 6.45) is -0.319. The molecule has 0 aliphatic rings. The van der Waals surface area contributed by atoms with Crippen LogP contribution in [0.15, 0.2) is 0 Å². The van der Waals surface area contributed by atoms with Gasteiger partial charge in [0, 0.05) is 0 Å². The lowest BCUT2D eigenvalue weighted by atomic mass is 10.5. The summed E-state index contributed by atoms with van der Waals surface area (Å²) in [5, 5.41) is 0. The van der Waals surface area contributed by atoms with Crippen LogP contribution in [0.1, 0.15) is 20.3 Å². The number of hydrogen-bond acceptors (Lipinski definition) is 4. The third kappa shape index (κ3) is 4.74. The Morgan fingerprint density at radius 2 is 1.82 bits per heavy atom. The summed E-state index contributed by atoms with van der Waals surface area (Å²) < 4.78 is 63.4. The van der Waals surface area contributed by atoms with Crippen LogP contribution >= 0.6 is 0 Å². The Kier molecular flexibility index (Phi) is 6.31. The Labute approximate surface area is 100 Å². The van der Waals surface area contributed by atoms with E-state index in [1.54, 1.807) is 6.92 Å². The van der Waals surface area contributed by atoms with Crippen LogP contribution in [-0.2, 0) is 28.3 Å². The Balaban J connectivity index is 4.61. The van der Waals surface area contributed by atoms with E-state index in [4.69, 9.17) is 0 Å². The molecular formula is C8H14F3O4S2+. The summed E-state index contributed by atoms with van der Waals surface area (Å²) in [4.78, 5) is 10.9. The van der Waals surface area contributed by atoms with E-state index in [1.807, 2.05) is 0 Å². The van der Waals surface area contributed by atoms with Crippen LogP contribution in [0.2, 0.25) is 0 Å². The fourth-order valence-electron chi connectivity index (χ4n) is 0.973. The number of carbonyl (C=O) groups excluding carboxylic acids is 1. The van der Waals surface area contributed by atoms with Gasteiger partial charge in [0.05, 0.1) is 13.0 Å². The molecule has 102 valence electrons. The SMILES string of the molecule is CCOC(=O)CC[S+](CC)S(=O)(=O)C(F)(F)F. The van der Waals surface area contributed by atoms with Gasteiger partial charge in [0.1, 0.15) is 21.4 Å². The first-order chi connectivity index (χ1) is 7.66. The number of rotatable bonds is 6. The van der Waals surface area contributed by atoms with E-state index < -0.39 is 30.3 Å². The summed E-state index contributed by atoms with van der Waals surface area (Å²) in [6.45, 7) is 3.02. The average molecular weight is 295 g/mol. The molecule has 0 saturated carbocycles. The number of esters is 1. The topological polar surface area (TPSA) is 60.4 Å². The van der Waals surface area contributed by atoms with Gasteiger partial charge in [-0.3, -0.25) is 4.79 Å². The summed E-state index contributed by atoms with van der Waals surface area (Å²) in [5.41, 5.74) is -5.26. The fraction of sp³-hybridized carbons (Fsp3) is 0.875. The molecule has 0 bridgehead atoms. The van der Waals surface area contributed by atoms with Gasteiger partial charge in [0.25, 0.3) is 0 Å². The van der Waals surface area contributed by atoms with Crippen molar-refractivity contribution in [2.45, 2.75) is 25.8 Å². The van der Waals surface area contributed by atoms with E-state index in [1.165, 1.54) is 6.92 Å². The standard InChI is InChI=1S/C8H14F3O4S2/c1-3-15-7(12)5-6-16(4-2)17(13,14)8(9,10)11/h3-6H2,1-2H3/q+1. The van der Waals surface area contributed by atoms with Gasteiger partial charge >= 0.3 is 20.3 Å². The number of halogens is 3. The molecule has 4 nitrogen and oxygen atoms in total. The zero-order valence-corrected chi connectivity index (χ0v) is 11.0. The van der Waals surface area contributed by atoms with Crippen LogP contribution < -0.4 is 0 Å². The molecular weight excluding hydrogens is 281 g/mol. The largest absolute Gasteiger partial charge is 0.543 e. The lowest BCUT2D eigenvalue weighted by molar-refractivity contribution is -0.142. The van der Waals surface area contributed by atoms with Crippen molar-refractivity contribution in [3.8, 4) is 0 Å². The van der Waals surface area contributed by atoms with Crippen LogP contribution in [0.3, 0.4) is 0 Å². The second kappa shape index (κ2) is 6.48. The van der Waals surface area contributed by atoms with E-state index in [9.17, 15) is 26.4 Å². The predicted molar refractivity (Wildman–Crippen MR) is 59.0 cm³/mol. The van der Waals surface area contributed by atoms with Gasteiger partial charge in [-0.05, 0) is 13.8 Å².